The van der Waals surface area contributed by atoms with Crippen LogP contribution in [0.4, 0.5) is 4.39 Å². The van der Waals surface area contributed by atoms with Crippen LogP contribution in [0.25, 0.3) is 0 Å². The molecule has 0 atom stereocenters. The Labute approximate surface area is 123 Å². The summed E-state index contributed by atoms with van der Waals surface area (Å²) in [6.07, 6.45) is 1.88. The third-order valence-electron chi connectivity index (χ3n) is 4.10. The summed E-state index contributed by atoms with van der Waals surface area (Å²) in [4.78, 5) is 12.4. The SMILES string of the molecule is COc1ccc(CC(=O)C2Cc3ccccc3C2)cc1F. The number of Topliss-reactive ketones (excluding diaryl/α,β-unsaturated/α-hetero) is 1. The average Bonchev–Trinajstić information content (AvgIpc) is 2.91. The van der Waals surface area contributed by atoms with Crippen molar-refractivity contribution in [1.29, 1.82) is 0 Å². The van der Waals surface area contributed by atoms with E-state index in [9.17, 15) is 9.18 Å². The molecular formula is C18H17FO2. The summed E-state index contributed by atoms with van der Waals surface area (Å²) in [6.45, 7) is 0. The molecule has 0 fully saturated rings. The maximum Gasteiger partial charge on any atom is 0.165 e. The molecule has 1 aliphatic carbocycles. The van der Waals surface area contributed by atoms with Gasteiger partial charge in [0.15, 0.2) is 11.6 Å². The first-order valence-electron chi connectivity index (χ1n) is 7.09. The van der Waals surface area contributed by atoms with Crippen molar-refractivity contribution in [2.45, 2.75) is 19.3 Å². The third kappa shape index (κ3) is 2.82. The first kappa shape index (κ1) is 13.8. The van der Waals surface area contributed by atoms with Crippen LogP contribution in [0.3, 0.4) is 0 Å². The molecule has 0 unspecified atom stereocenters. The first-order chi connectivity index (χ1) is 10.2. The van der Waals surface area contributed by atoms with Crippen LogP contribution in [-0.4, -0.2) is 12.9 Å². The number of hydrogen-bond donors (Lipinski definition) is 0. The second-order valence-corrected chi connectivity index (χ2v) is 5.49. The summed E-state index contributed by atoms with van der Waals surface area (Å²) in [5.74, 6) is -0.0136. The number of halogens is 1. The van der Waals surface area contributed by atoms with Crippen molar-refractivity contribution < 1.29 is 13.9 Å². The molecule has 21 heavy (non-hydrogen) atoms. The zero-order valence-corrected chi connectivity index (χ0v) is 11.9. The number of fused-ring (bicyclic) bond motifs is 1. The zero-order chi connectivity index (χ0) is 14.8. The second-order valence-electron chi connectivity index (χ2n) is 5.49. The Morgan fingerprint density at radius 1 is 1.19 bits per heavy atom. The molecule has 0 radical (unpaired) electrons. The molecule has 0 N–H and O–H groups in total. The van der Waals surface area contributed by atoms with Crippen molar-refractivity contribution >= 4 is 5.78 Å². The fraction of sp³-hybridized carbons (Fsp3) is 0.278. The Kier molecular flexibility index (Phi) is 3.74. The highest BCUT2D eigenvalue weighted by atomic mass is 19.1. The Bertz CT molecular complexity index is 654. The zero-order valence-electron chi connectivity index (χ0n) is 11.9. The summed E-state index contributed by atoms with van der Waals surface area (Å²) in [5, 5.41) is 0. The lowest BCUT2D eigenvalue weighted by atomic mass is 9.95. The van der Waals surface area contributed by atoms with E-state index in [0.29, 0.717) is 5.56 Å². The fourth-order valence-corrected chi connectivity index (χ4v) is 2.95. The molecule has 0 amide bonds. The molecule has 0 aliphatic heterocycles. The van der Waals surface area contributed by atoms with Crippen molar-refractivity contribution in [3.8, 4) is 5.75 Å². The van der Waals surface area contributed by atoms with Crippen LogP contribution in [0.1, 0.15) is 16.7 Å². The van der Waals surface area contributed by atoms with Crippen LogP contribution in [0.15, 0.2) is 42.5 Å². The van der Waals surface area contributed by atoms with Gasteiger partial charge in [0.1, 0.15) is 5.78 Å². The number of carbonyl (C=O) groups is 1. The lowest BCUT2D eigenvalue weighted by Crippen LogP contribution is -2.17. The van der Waals surface area contributed by atoms with E-state index >= 15 is 0 Å². The Balaban J connectivity index is 1.69. The highest BCUT2D eigenvalue weighted by Gasteiger charge is 2.26. The smallest absolute Gasteiger partial charge is 0.165 e. The first-order valence-corrected chi connectivity index (χ1v) is 7.09. The van der Waals surface area contributed by atoms with Crippen molar-refractivity contribution in [3.63, 3.8) is 0 Å². The lowest BCUT2D eigenvalue weighted by molar-refractivity contribution is -0.121. The molecule has 3 heteroatoms. The summed E-state index contributed by atoms with van der Waals surface area (Å²) < 4.78 is 18.5. The molecule has 0 spiro atoms. The van der Waals surface area contributed by atoms with Gasteiger partial charge in [0.25, 0.3) is 0 Å². The van der Waals surface area contributed by atoms with Crippen LogP contribution in [0.2, 0.25) is 0 Å². The minimum Gasteiger partial charge on any atom is -0.494 e. The van der Waals surface area contributed by atoms with E-state index in [2.05, 4.69) is 12.1 Å². The molecule has 0 aromatic heterocycles. The predicted molar refractivity (Wildman–Crippen MR) is 79.0 cm³/mol. The predicted octanol–water partition coefficient (Wildman–Crippen LogP) is 3.36. The number of hydrogen-bond acceptors (Lipinski definition) is 2. The van der Waals surface area contributed by atoms with Crippen LogP contribution in [0.5, 0.6) is 5.75 Å². The maximum atomic E-state index is 13.7. The van der Waals surface area contributed by atoms with E-state index in [4.69, 9.17) is 4.74 Å². The van der Waals surface area contributed by atoms with Crippen LogP contribution in [0, 0.1) is 11.7 Å². The van der Waals surface area contributed by atoms with Gasteiger partial charge in [0.2, 0.25) is 0 Å². The largest absolute Gasteiger partial charge is 0.494 e. The summed E-state index contributed by atoms with van der Waals surface area (Å²) >= 11 is 0. The van der Waals surface area contributed by atoms with Gasteiger partial charge in [-0.3, -0.25) is 4.79 Å². The van der Waals surface area contributed by atoms with Crippen molar-refractivity contribution in [2.24, 2.45) is 5.92 Å². The van der Waals surface area contributed by atoms with Crippen molar-refractivity contribution in [3.05, 3.63) is 65.0 Å². The number of methoxy groups -OCH3 is 1. The number of benzene rings is 2. The van der Waals surface area contributed by atoms with Gasteiger partial charge < -0.3 is 4.74 Å². The van der Waals surface area contributed by atoms with Gasteiger partial charge in [-0.15, -0.1) is 0 Å². The summed E-state index contributed by atoms with van der Waals surface area (Å²) in [6, 6.07) is 12.9. The van der Waals surface area contributed by atoms with Gasteiger partial charge in [-0.25, -0.2) is 4.39 Å². The minimum absolute atomic E-state index is 0.0209. The van der Waals surface area contributed by atoms with Crippen LogP contribution in [-0.2, 0) is 24.1 Å². The fourth-order valence-electron chi connectivity index (χ4n) is 2.95. The molecule has 1 aliphatic rings. The average molecular weight is 284 g/mol. The molecule has 0 heterocycles. The highest BCUT2D eigenvalue weighted by molar-refractivity contribution is 5.84. The molecule has 108 valence electrons. The molecule has 0 saturated carbocycles. The second kappa shape index (κ2) is 5.68. The van der Waals surface area contributed by atoms with Gasteiger partial charge in [-0.2, -0.15) is 0 Å². The highest BCUT2D eigenvalue weighted by Crippen LogP contribution is 2.28. The third-order valence-corrected chi connectivity index (χ3v) is 4.10. The Morgan fingerprint density at radius 2 is 1.86 bits per heavy atom. The molecule has 0 saturated heterocycles. The normalized spacial score (nSPS) is 14.0. The molecule has 2 aromatic rings. The van der Waals surface area contributed by atoms with Gasteiger partial charge in [0.05, 0.1) is 7.11 Å². The molecule has 0 bridgehead atoms. The minimum atomic E-state index is -0.419. The van der Waals surface area contributed by atoms with E-state index in [-0.39, 0.29) is 23.9 Å². The van der Waals surface area contributed by atoms with Crippen molar-refractivity contribution in [1.82, 2.24) is 0 Å². The van der Waals surface area contributed by atoms with Crippen LogP contribution < -0.4 is 4.74 Å². The summed E-state index contributed by atoms with van der Waals surface area (Å²) in [5.41, 5.74) is 3.22. The molecule has 2 aromatic carbocycles. The Morgan fingerprint density at radius 3 is 2.43 bits per heavy atom. The number of rotatable bonds is 4. The quantitative estimate of drug-likeness (QED) is 0.860. The standard InChI is InChI=1S/C18H17FO2/c1-21-18-7-6-12(8-16(18)19)9-17(20)15-10-13-4-2-3-5-14(13)11-15/h2-8,15H,9-11H2,1H3. The number of ketones is 1. The summed E-state index contributed by atoms with van der Waals surface area (Å²) in [7, 11) is 1.43. The molecule has 2 nitrogen and oxygen atoms in total. The maximum absolute atomic E-state index is 13.7. The van der Waals surface area contributed by atoms with Gasteiger partial charge in [-0.05, 0) is 41.7 Å². The van der Waals surface area contributed by atoms with Crippen molar-refractivity contribution in [2.75, 3.05) is 7.11 Å². The van der Waals surface area contributed by atoms with E-state index in [0.717, 1.165) is 12.8 Å². The van der Waals surface area contributed by atoms with E-state index in [1.807, 2.05) is 12.1 Å². The molecule has 3 rings (SSSR count). The Hall–Kier alpha value is -2.16. The monoisotopic (exact) mass is 284 g/mol. The van der Waals surface area contributed by atoms with Gasteiger partial charge in [-0.1, -0.05) is 30.3 Å². The topological polar surface area (TPSA) is 26.3 Å². The van der Waals surface area contributed by atoms with E-state index in [1.165, 1.54) is 24.3 Å². The molecular weight excluding hydrogens is 267 g/mol. The van der Waals surface area contributed by atoms with E-state index < -0.39 is 5.82 Å². The van der Waals surface area contributed by atoms with E-state index in [1.54, 1.807) is 12.1 Å². The lowest BCUT2D eigenvalue weighted by Gasteiger charge is -2.09. The van der Waals surface area contributed by atoms with Crippen LogP contribution >= 0.6 is 0 Å². The number of ether oxygens (including phenoxy) is 1. The van der Waals surface area contributed by atoms with Gasteiger partial charge in [0, 0.05) is 12.3 Å². The van der Waals surface area contributed by atoms with Gasteiger partial charge >= 0.3 is 0 Å². The number of carbonyl (C=O) groups excluding carboxylic acids is 1.